The smallest absolute Gasteiger partial charge is 0.302 e. The SMILES string of the molecule is CC(=O)OCC1(c2ccccc2F)C=C1c1ccccc1. The Balaban J connectivity index is 1.96. The van der Waals surface area contributed by atoms with Crippen LogP contribution in [0.4, 0.5) is 4.39 Å². The van der Waals surface area contributed by atoms with Gasteiger partial charge in [0.05, 0.1) is 5.41 Å². The van der Waals surface area contributed by atoms with E-state index in [9.17, 15) is 9.18 Å². The van der Waals surface area contributed by atoms with Crippen LogP contribution in [-0.2, 0) is 14.9 Å². The third kappa shape index (κ3) is 2.47. The second kappa shape index (κ2) is 5.17. The van der Waals surface area contributed by atoms with Gasteiger partial charge in [0.1, 0.15) is 12.4 Å². The van der Waals surface area contributed by atoms with Crippen molar-refractivity contribution in [1.82, 2.24) is 0 Å². The average molecular weight is 282 g/mol. The lowest BCUT2D eigenvalue weighted by molar-refractivity contribution is -0.141. The summed E-state index contributed by atoms with van der Waals surface area (Å²) in [7, 11) is 0. The Bertz CT molecular complexity index is 706. The summed E-state index contributed by atoms with van der Waals surface area (Å²) in [5.74, 6) is -0.648. The van der Waals surface area contributed by atoms with Crippen LogP contribution in [0, 0.1) is 5.82 Å². The van der Waals surface area contributed by atoms with Crippen molar-refractivity contribution in [1.29, 1.82) is 0 Å². The molecule has 2 aromatic carbocycles. The van der Waals surface area contributed by atoms with Crippen LogP contribution in [0.3, 0.4) is 0 Å². The van der Waals surface area contributed by atoms with E-state index in [2.05, 4.69) is 0 Å². The lowest BCUT2D eigenvalue weighted by Crippen LogP contribution is -2.22. The molecule has 1 aliphatic carbocycles. The lowest BCUT2D eigenvalue weighted by Gasteiger charge is -2.20. The zero-order chi connectivity index (χ0) is 14.9. The molecule has 3 rings (SSSR count). The lowest BCUT2D eigenvalue weighted by atomic mass is 9.88. The predicted octanol–water partition coefficient (Wildman–Crippen LogP) is 3.72. The summed E-state index contributed by atoms with van der Waals surface area (Å²) in [6.07, 6.45) is 1.96. The Morgan fingerprint density at radius 2 is 1.76 bits per heavy atom. The second-order valence-electron chi connectivity index (χ2n) is 5.16. The third-order valence-corrected chi connectivity index (χ3v) is 3.73. The van der Waals surface area contributed by atoms with E-state index < -0.39 is 5.41 Å². The first-order valence-electron chi connectivity index (χ1n) is 6.80. The molecule has 0 fully saturated rings. The van der Waals surface area contributed by atoms with Crippen LogP contribution in [0.15, 0.2) is 60.7 Å². The fraction of sp³-hybridized carbons (Fsp3) is 0.167. The third-order valence-electron chi connectivity index (χ3n) is 3.73. The molecule has 21 heavy (non-hydrogen) atoms. The number of esters is 1. The molecule has 0 aromatic heterocycles. The van der Waals surface area contributed by atoms with Crippen LogP contribution in [-0.4, -0.2) is 12.6 Å². The van der Waals surface area contributed by atoms with E-state index in [0.29, 0.717) is 5.56 Å². The predicted molar refractivity (Wildman–Crippen MR) is 79.1 cm³/mol. The van der Waals surface area contributed by atoms with Gasteiger partial charge in [-0.25, -0.2) is 4.39 Å². The maximum atomic E-state index is 14.2. The van der Waals surface area contributed by atoms with E-state index >= 15 is 0 Å². The number of benzene rings is 2. The standard InChI is InChI=1S/C18H15FO2/c1-13(20)21-12-18(15-9-5-6-10-17(15)19)11-16(18)14-7-3-2-4-8-14/h2-11H,12H2,1H3. The number of rotatable bonds is 4. The van der Waals surface area contributed by atoms with E-state index in [-0.39, 0.29) is 18.4 Å². The molecule has 3 heteroatoms. The van der Waals surface area contributed by atoms with E-state index in [0.717, 1.165) is 11.1 Å². The normalized spacial score (nSPS) is 19.8. The molecule has 0 radical (unpaired) electrons. The first kappa shape index (κ1) is 13.6. The number of carbonyl (C=O) groups is 1. The Hall–Kier alpha value is -2.42. The van der Waals surface area contributed by atoms with Crippen LogP contribution in [0.5, 0.6) is 0 Å². The van der Waals surface area contributed by atoms with Gasteiger partial charge in [-0.1, -0.05) is 54.6 Å². The topological polar surface area (TPSA) is 26.3 Å². The largest absolute Gasteiger partial charge is 0.464 e. The van der Waals surface area contributed by atoms with E-state index in [1.807, 2.05) is 36.4 Å². The highest BCUT2D eigenvalue weighted by Crippen LogP contribution is 2.53. The Kier molecular flexibility index (Phi) is 3.34. The molecule has 0 saturated heterocycles. The maximum Gasteiger partial charge on any atom is 0.302 e. The molecule has 2 aromatic rings. The number of carbonyl (C=O) groups excluding carboxylic acids is 1. The van der Waals surface area contributed by atoms with Gasteiger partial charge in [-0.2, -0.15) is 0 Å². The van der Waals surface area contributed by atoms with Crippen molar-refractivity contribution in [2.75, 3.05) is 6.61 Å². The van der Waals surface area contributed by atoms with Crippen LogP contribution in [0.25, 0.3) is 5.57 Å². The van der Waals surface area contributed by atoms with Crippen molar-refractivity contribution >= 4 is 11.5 Å². The molecule has 1 unspecified atom stereocenters. The minimum absolute atomic E-state index is 0.132. The summed E-state index contributed by atoms with van der Waals surface area (Å²) >= 11 is 0. The van der Waals surface area contributed by atoms with E-state index in [1.54, 1.807) is 18.2 Å². The van der Waals surface area contributed by atoms with Gasteiger partial charge >= 0.3 is 5.97 Å². The summed E-state index contributed by atoms with van der Waals surface area (Å²) in [5.41, 5.74) is 1.92. The highest BCUT2D eigenvalue weighted by atomic mass is 19.1. The van der Waals surface area contributed by atoms with Gasteiger partial charge in [-0.3, -0.25) is 4.79 Å². The molecule has 0 heterocycles. The molecular weight excluding hydrogens is 267 g/mol. The first-order valence-corrected chi connectivity index (χ1v) is 6.80. The van der Waals surface area contributed by atoms with Gasteiger partial charge in [0.15, 0.2) is 0 Å². The molecule has 2 nitrogen and oxygen atoms in total. The van der Waals surface area contributed by atoms with Crippen LogP contribution < -0.4 is 0 Å². The number of hydrogen-bond acceptors (Lipinski definition) is 2. The average Bonchev–Trinajstić information content (AvgIpc) is 3.22. The molecular formula is C18H15FO2. The van der Waals surface area contributed by atoms with Gasteiger partial charge in [0.2, 0.25) is 0 Å². The molecule has 0 bridgehead atoms. The summed E-state index contributed by atoms with van der Waals surface area (Å²) < 4.78 is 19.3. The molecule has 1 aliphatic rings. The molecule has 1 atom stereocenters. The molecule has 0 amide bonds. The minimum Gasteiger partial charge on any atom is -0.464 e. The zero-order valence-electron chi connectivity index (χ0n) is 11.7. The summed E-state index contributed by atoms with van der Waals surface area (Å²) in [4.78, 5) is 11.1. The van der Waals surface area contributed by atoms with Gasteiger partial charge in [-0.15, -0.1) is 0 Å². The van der Waals surface area contributed by atoms with Crippen LogP contribution >= 0.6 is 0 Å². The fourth-order valence-corrected chi connectivity index (χ4v) is 2.63. The van der Waals surface area contributed by atoms with Crippen molar-refractivity contribution in [2.45, 2.75) is 12.3 Å². The van der Waals surface area contributed by atoms with Gasteiger partial charge in [0, 0.05) is 12.5 Å². The maximum absolute atomic E-state index is 14.2. The first-order chi connectivity index (χ1) is 10.1. The zero-order valence-corrected chi connectivity index (χ0v) is 11.7. The van der Waals surface area contributed by atoms with Gasteiger partial charge < -0.3 is 4.74 Å². The van der Waals surface area contributed by atoms with Crippen molar-refractivity contribution in [3.63, 3.8) is 0 Å². The van der Waals surface area contributed by atoms with Gasteiger partial charge in [-0.05, 0) is 17.2 Å². The highest BCUT2D eigenvalue weighted by Gasteiger charge is 2.48. The van der Waals surface area contributed by atoms with Gasteiger partial charge in [0.25, 0.3) is 0 Å². The summed E-state index contributed by atoms with van der Waals surface area (Å²) in [6, 6.07) is 16.4. The second-order valence-corrected chi connectivity index (χ2v) is 5.16. The Morgan fingerprint density at radius 3 is 2.43 bits per heavy atom. The molecule has 0 aliphatic heterocycles. The highest BCUT2D eigenvalue weighted by molar-refractivity contribution is 5.91. The van der Waals surface area contributed by atoms with E-state index in [1.165, 1.54) is 13.0 Å². The number of halogens is 1. The monoisotopic (exact) mass is 282 g/mol. The fourth-order valence-electron chi connectivity index (χ4n) is 2.63. The quantitative estimate of drug-likeness (QED) is 0.799. The molecule has 0 spiro atoms. The van der Waals surface area contributed by atoms with Crippen LogP contribution in [0.2, 0.25) is 0 Å². The van der Waals surface area contributed by atoms with Crippen molar-refractivity contribution in [3.05, 3.63) is 77.6 Å². The molecule has 0 saturated carbocycles. The molecule has 106 valence electrons. The summed E-state index contributed by atoms with van der Waals surface area (Å²) in [5, 5.41) is 0. The van der Waals surface area contributed by atoms with E-state index in [4.69, 9.17) is 4.74 Å². The number of ether oxygens (including phenoxy) is 1. The van der Waals surface area contributed by atoms with Crippen molar-refractivity contribution in [2.24, 2.45) is 0 Å². The number of hydrogen-bond donors (Lipinski definition) is 0. The van der Waals surface area contributed by atoms with Crippen LogP contribution in [0.1, 0.15) is 18.1 Å². The van der Waals surface area contributed by atoms with Crippen molar-refractivity contribution in [3.8, 4) is 0 Å². The minimum atomic E-state index is -0.641. The Labute approximate surface area is 122 Å². The Morgan fingerprint density at radius 1 is 1.10 bits per heavy atom. The van der Waals surface area contributed by atoms with Crippen molar-refractivity contribution < 1.29 is 13.9 Å². The summed E-state index contributed by atoms with van der Waals surface area (Å²) in [6.45, 7) is 1.49. The molecule has 0 N–H and O–H groups in total.